The van der Waals surface area contributed by atoms with E-state index in [1.807, 2.05) is 54.4 Å². The number of hydrogen-bond acceptors (Lipinski definition) is 6. The van der Waals surface area contributed by atoms with Gasteiger partial charge in [0, 0.05) is 0 Å². The van der Waals surface area contributed by atoms with Crippen molar-refractivity contribution in [3.05, 3.63) is 53.5 Å². The Morgan fingerprint density at radius 2 is 1.89 bits per heavy atom. The second-order valence-electron chi connectivity index (χ2n) is 6.46. The van der Waals surface area contributed by atoms with Crippen molar-refractivity contribution in [3.63, 3.8) is 0 Å². The summed E-state index contributed by atoms with van der Waals surface area (Å²) < 4.78 is 12.1. The van der Waals surface area contributed by atoms with Gasteiger partial charge in [0.25, 0.3) is 0 Å². The standard InChI is InChI=1S/C21H25N3O3S/c1-15(21-23-16-8-4-7-11-19(16)28-21)24(2)14-20(25)22-12-13-27-18-10-6-5-9-17(18)26-3/h4-11,15H,12-14H2,1-3H3,(H,22,25)/t15-/m1/s1. The number of methoxy groups -OCH3 is 1. The van der Waals surface area contributed by atoms with Gasteiger partial charge in [-0.2, -0.15) is 0 Å². The number of carbonyl (C=O) groups is 1. The molecule has 1 atom stereocenters. The number of amides is 1. The molecule has 1 amide bonds. The number of benzene rings is 2. The number of rotatable bonds is 9. The molecule has 6 nitrogen and oxygen atoms in total. The smallest absolute Gasteiger partial charge is 0.234 e. The van der Waals surface area contributed by atoms with Crippen LogP contribution < -0.4 is 14.8 Å². The highest BCUT2D eigenvalue weighted by molar-refractivity contribution is 7.18. The number of ether oxygens (including phenoxy) is 2. The minimum Gasteiger partial charge on any atom is -0.493 e. The van der Waals surface area contributed by atoms with Crippen LogP contribution in [-0.4, -0.2) is 49.6 Å². The predicted octanol–water partition coefficient (Wildman–Crippen LogP) is 3.49. The molecular weight excluding hydrogens is 374 g/mol. The molecule has 0 saturated heterocycles. The van der Waals surface area contributed by atoms with Gasteiger partial charge < -0.3 is 14.8 Å². The zero-order valence-electron chi connectivity index (χ0n) is 16.3. The summed E-state index contributed by atoms with van der Waals surface area (Å²) >= 11 is 1.67. The van der Waals surface area contributed by atoms with Crippen molar-refractivity contribution in [1.82, 2.24) is 15.2 Å². The third-order valence-corrected chi connectivity index (χ3v) is 5.68. The fourth-order valence-electron chi connectivity index (χ4n) is 2.77. The number of aromatic nitrogens is 1. The van der Waals surface area contributed by atoms with Crippen LogP contribution in [0.25, 0.3) is 10.2 Å². The van der Waals surface area contributed by atoms with Crippen LogP contribution in [0, 0.1) is 0 Å². The molecule has 1 N–H and O–H groups in total. The molecule has 0 spiro atoms. The summed E-state index contributed by atoms with van der Waals surface area (Å²) in [5.41, 5.74) is 1.00. The number of nitrogens with zero attached hydrogens (tertiary/aromatic N) is 2. The zero-order valence-corrected chi connectivity index (χ0v) is 17.2. The van der Waals surface area contributed by atoms with Gasteiger partial charge in [0.2, 0.25) is 5.91 Å². The van der Waals surface area contributed by atoms with E-state index in [9.17, 15) is 4.79 Å². The molecule has 1 aromatic heterocycles. The first kappa shape index (κ1) is 20.1. The maximum atomic E-state index is 12.2. The summed E-state index contributed by atoms with van der Waals surface area (Å²) in [7, 11) is 3.54. The van der Waals surface area contributed by atoms with Gasteiger partial charge in [-0.15, -0.1) is 11.3 Å². The molecule has 28 heavy (non-hydrogen) atoms. The third kappa shape index (κ3) is 4.99. The van der Waals surface area contributed by atoms with E-state index >= 15 is 0 Å². The van der Waals surface area contributed by atoms with Gasteiger partial charge in [-0.25, -0.2) is 4.98 Å². The van der Waals surface area contributed by atoms with Crippen molar-refractivity contribution in [3.8, 4) is 11.5 Å². The van der Waals surface area contributed by atoms with Gasteiger partial charge in [-0.1, -0.05) is 24.3 Å². The fourth-order valence-corrected chi connectivity index (χ4v) is 3.85. The summed E-state index contributed by atoms with van der Waals surface area (Å²) in [6, 6.07) is 15.6. The SMILES string of the molecule is COc1ccccc1OCCNC(=O)CN(C)[C@H](C)c1nc2ccccc2s1. The molecule has 2 aromatic carbocycles. The van der Waals surface area contributed by atoms with E-state index in [2.05, 4.69) is 23.3 Å². The summed E-state index contributed by atoms with van der Waals surface area (Å²) in [5, 5.41) is 3.90. The Morgan fingerprint density at radius 3 is 2.64 bits per heavy atom. The Hall–Kier alpha value is -2.64. The molecule has 0 saturated carbocycles. The first-order valence-electron chi connectivity index (χ1n) is 9.16. The van der Waals surface area contributed by atoms with E-state index in [-0.39, 0.29) is 11.9 Å². The molecule has 0 radical (unpaired) electrons. The van der Waals surface area contributed by atoms with Gasteiger partial charge in [0.05, 0.1) is 36.5 Å². The molecule has 0 unspecified atom stereocenters. The van der Waals surface area contributed by atoms with Crippen LogP contribution in [-0.2, 0) is 4.79 Å². The fraction of sp³-hybridized carbons (Fsp3) is 0.333. The van der Waals surface area contributed by atoms with Gasteiger partial charge in [0.1, 0.15) is 11.6 Å². The Labute approximate surface area is 169 Å². The van der Waals surface area contributed by atoms with E-state index in [1.165, 1.54) is 0 Å². The van der Waals surface area contributed by atoms with Crippen molar-refractivity contribution in [2.45, 2.75) is 13.0 Å². The van der Waals surface area contributed by atoms with Crippen LogP contribution in [0.1, 0.15) is 18.0 Å². The average molecular weight is 400 g/mol. The van der Waals surface area contributed by atoms with Crippen molar-refractivity contribution in [2.75, 3.05) is 33.9 Å². The Morgan fingerprint density at radius 1 is 1.18 bits per heavy atom. The number of fused-ring (bicyclic) bond motifs is 1. The second-order valence-corrected chi connectivity index (χ2v) is 7.52. The highest BCUT2D eigenvalue weighted by Crippen LogP contribution is 2.28. The van der Waals surface area contributed by atoms with Crippen LogP contribution in [0.4, 0.5) is 0 Å². The quantitative estimate of drug-likeness (QED) is 0.558. The topological polar surface area (TPSA) is 63.7 Å². The lowest BCUT2D eigenvalue weighted by atomic mass is 10.3. The molecule has 0 bridgehead atoms. The molecule has 0 fully saturated rings. The summed E-state index contributed by atoms with van der Waals surface area (Å²) in [5.74, 6) is 1.30. The molecule has 148 valence electrons. The van der Waals surface area contributed by atoms with E-state index in [0.29, 0.717) is 31.2 Å². The second kappa shape index (κ2) is 9.52. The van der Waals surface area contributed by atoms with Crippen LogP contribution in [0.15, 0.2) is 48.5 Å². The monoisotopic (exact) mass is 399 g/mol. The normalized spacial score (nSPS) is 12.1. The minimum atomic E-state index is -0.0425. The highest BCUT2D eigenvalue weighted by atomic mass is 32.1. The Balaban J connectivity index is 1.45. The van der Waals surface area contributed by atoms with Crippen LogP contribution in [0.2, 0.25) is 0 Å². The first-order chi connectivity index (χ1) is 13.6. The molecule has 7 heteroatoms. The molecule has 1 heterocycles. The van der Waals surface area contributed by atoms with E-state index < -0.39 is 0 Å². The molecule has 0 aliphatic carbocycles. The molecular formula is C21H25N3O3S. The lowest BCUT2D eigenvalue weighted by molar-refractivity contribution is -0.122. The van der Waals surface area contributed by atoms with Crippen molar-refractivity contribution in [1.29, 1.82) is 0 Å². The summed E-state index contributed by atoms with van der Waals surface area (Å²) in [6.45, 7) is 3.17. The Kier molecular flexibility index (Phi) is 6.84. The summed E-state index contributed by atoms with van der Waals surface area (Å²) in [6.07, 6.45) is 0. The van der Waals surface area contributed by atoms with Crippen LogP contribution >= 0.6 is 11.3 Å². The van der Waals surface area contributed by atoms with Crippen LogP contribution in [0.3, 0.4) is 0 Å². The van der Waals surface area contributed by atoms with E-state index in [1.54, 1.807) is 18.4 Å². The van der Waals surface area contributed by atoms with Crippen molar-refractivity contribution >= 4 is 27.5 Å². The van der Waals surface area contributed by atoms with Gasteiger partial charge in [0.15, 0.2) is 11.5 Å². The number of thiazole rings is 1. The first-order valence-corrected chi connectivity index (χ1v) is 9.98. The van der Waals surface area contributed by atoms with Gasteiger partial charge in [-0.05, 0) is 38.2 Å². The Bertz CT molecular complexity index is 895. The highest BCUT2D eigenvalue weighted by Gasteiger charge is 2.18. The minimum absolute atomic E-state index is 0.0425. The van der Waals surface area contributed by atoms with E-state index in [0.717, 1.165) is 15.2 Å². The predicted molar refractivity (Wildman–Crippen MR) is 112 cm³/mol. The van der Waals surface area contributed by atoms with Crippen molar-refractivity contribution < 1.29 is 14.3 Å². The molecule has 0 aliphatic heterocycles. The maximum absolute atomic E-state index is 12.2. The lowest BCUT2D eigenvalue weighted by Crippen LogP contribution is -2.38. The van der Waals surface area contributed by atoms with Crippen LogP contribution in [0.5, 0.6) is 11.5 Å². The average Bonchev–Trinajstić information content (AvgIpc) is 3.15. The molecule has 0 aliphatic rings. The number of carbonyl (C=O) groups excluding carboxylic acids is 1. The number of nitrogens with one attached hydrogen (secondary N) is 1. The van der Waals surface area contributed by atoms with Crippen molar-refractivity contribution in [2.24, 2.45) is 0 Å². The van der Waals surface area contributed by atoms with Gasteiger partial charge >= 0.3 is 0 Å². The van der Waals surface area contributed by atoms with Gasteiger partial charge in [-0.3, -0.25) is 9.69 Å². The number of likely N-dealkylation sites (N-methyl/N-ethyl adjacent to an activating group) is 1. The number of hydrogen-bond donors (Lipinski definition) is 1. The third-order valence-electron chi connectivity index (χ3n) is 4.47. The summed E-state index contributed by atoms with van der Waals surface area (Å²) in [4.78, 5) is 18.9. The molecule has 3 aromatic rings. The lowest BCUT2D eigenvalue weighted by Gasteiger charge is -2.22. The number of para-hydroxylation sites is 3. The van der Waals surface area contributed by atoms with E-state index in [4.69, 9.17) is 9.47 Å². The maximum Gasteiger partial charge on any atom is 0.234 e. The largest absolute Gasteiger partial charge is 0.493 e. The zero-order chi connectivity index (χ0) is 19.9. The molecule has 3 rings (SSSR count).